The average Bonchev–Trinajstić information content (AvgIpc) is 3.27. The molecule has 1 unspecified atom stereocenters. The SMILES string of the molecule is O=[N+]([O-])c1ccc(-n2nc(C(O)N=NB3CO3)cc2C(F)(F)F)cn1. The van der Waals surface area contributed by atoms with Gasteiger partial charge in [0, 0.05) is 6.07 Å². The summed E-state index contributed by atoms with van der Waals surface area (Å²) in [4.78, 5) is 13.2. The predicted molar refractivity (Wildman–Crippen MR) is 74.5 cm³/mol. The molecule has 10 nitrogen and oxygen atoms in total. The Morgan fingerprint density at radius 1 is 1.48 bits per heavy atom. The molecule has 3 rings (SSSR count). The fourth-order valence-electron chi connectivity index (χ4n) is 1.84. The fourth-order valence-corrected chi connectivity index (χ4v) is 1.84. The first-order chi connectivity index (χ1) is 11.8. The highest BCUT2D eigenvalue weighted by Gasteiger charge is 2.38. The van der Waals surface area contributed by atoms with E-state index in [0.717, 1.165) is 18.3 Å². The molecular weight excluding hydrogens is 348 g/mol. The smallest absolute Gasteiger partial charge is 0.415 e. The molecule has 1 N–H and O–H groups in total. The maximum absolute atomic E-state index is 13.2. The van der Waals surface area contributed by atoms with Gasteiger partial charge in [0.1, 0.15) is 17.1 Å². The molecule has 0 aromatic carbocycles. The van der Waals surface area contributed by atoms with Gasteiger partial charge in [-0.2, -0.15) is 23.4 Å². The minimum absolute atomic E-state index is 0.168. The van der Waals surface area contributed by atoms with Crippen LogP contribution in [0.4, 0.5) is 19.0 Å². The number of aromatic nitrogens is 3. The Kier molecular flexibility index (Phi) is 4.22. The van der Waals surface area contributed by atoms with Crippen LogP contribution in [-0.2, 0) is 10.8 Å². The van der Waals surface area contributed by atoms with Gasteiger partial charge in [-0.3, -0.25) is 0 Å². The lowest BCUT2D eigenvalue weighted by Gasteiger charge is -2.08. The second-order valence-corrected chi connectivity index (χ2v) is 4.89. The molecule has 0 bridgehead atoms. The first-order valence-corrected chi connectivity index (χ1v) is 6.73. The molecule has 1 aliphatic rings. The largest absolute Gasteiger partial charge is 0.480 e. The van der Waals surface area contributed by atoms with Gasteiger partial charge in [0.05, 0.1) is 6.51 Å². The summed E-state index contributed by atoms with van der Waals surface area (Å²) >= 11 is 0. The number of pyridine rings is 1. The van der Waals surface area contributed by atoms with E-state index in [-0.39, 0.29) is 5.69 Å². The molecule has 0 spiro atoms. The molecular formula is C11H8BF3N6O4. The van der Waals surface area contributed by atoms with Crippen LogP contribution in [-0.4, -0.2) is 38.4 Å². The zero-order valence-electron chi connectivity index (χ0n) is 12.2. The van der Waals surface area contributed by atoms with Gasteiger partial charge in [-0.25, -0.2) is 9.71 Å². The van der Waals surface area contributed by atoms with E-state index in [4.69, 9.17) is 4.65 Å². The maximum Gasteiger partial charge on any atom is 0.480 e. The molecule has 1 atom stereocenters. The van der Waals surface area contributed by atoms with E-state index in [2.05, 4.69) is 20.2 Å². The number of nitrogens with zero attached hydrogens (tertiary/aromatic N) is 6. The number of rotatable bonds is 5. The van der Waals surface area contributed by atoms with Crippen molar-refractivity contribution in [2.75, 3.05) is 6.51 Å². The molecule has 1 saturated heterocycles. The van der Waals surface area contributed by atoms with Crippen molar-refractivity contribution in [1.82, 2.24) is 14.8 Å². The minimum Gasteiger partial charge on any atom is -0.415 e. The van der Waals surface area contributed by atoms with Crippen LogP contribution in [0, 0.1) is 10.1 Å². The topological polar surface area (TPSA) is 131 Å². The van der Waals surface area contributed by atoms with Crippen molar-refractivity contribution in [2.45, 2.75) is 12.4 Å². The number of aliphatic hydroxyl groups excluding tert-OH is 1. The molecule has 2 aromatic heterocycles. The summed E-state index contributed by atoms with van der Waals surface area (Å²) in [5.74, 6) is -0.525. The van der Waals surface area contributed by atoms with Crippen molar-refractivity contribution in [1.29, 1.82) is 0 Å². The Labute approximate surface area is 137 Å². The summed E-state index contributed by atoms with van der Waals surface area (Å²) in [5, 5.41) is 31.0. The second kappa shape index (κ2) is 6.21. The van der Waals surface area contributed by atoms with E-state index in [0.29, 0.717) is 17.3 Å². The lowest BCUT2D eigenvalue weighted by molar-refractivity contribution is -0.389. The maximum atomic E-state index is 13.2. The first-order valence-electron chi connectivity index (χ1n) is 6.73. The van der Waals surface area contributed by atoms with Gasteiger partial charge in [-0.1, -0.05) is 0 Å². The molecule has 0 saturated carbocycles. The van der Waals surface area contributed by atoms with Crippen LogP contribution in [0.15, 0.2) is 34.5 Å². The van der Waals surface area contributed by atoms with E-state index in [9.17, 15) is 28.4 Å². The Morgan fingerprint density at radius 3 is 2.72 bits per heavy atom. The molecule has 1 aliphatic heterocycles. The van der Waals surface area contributed by atoms with Crippen molar-refractivity contribution < 1.29 is 27.9 Å². The average molecular weight is 356 g/mol. The van der Waals surface area contributed by atoms with E-state index in [1.165, 1.54) is 0 Å². The van der Waals surface area contributed by atoms with Gasteiger partial charge in [-0.15, -0.1) is 0 Å². The van der Waals surface area contributed by atoms with Crippen LogP contribution in [0.5, 0.6) is 0 Å². The number of halogens is 3. The highest BCUT2D eigenvalue weighted by molar-refractivity contribution is 6.57. The molecule has 130 valence electrons. The van der Waals surface area contributed by atoms with Crippen molar-refractivity contribution in [3.8, 4) is 5.69 Å². The number of hydrogen-bond acceptors (Lipinski definition) is 8. The molecule has 1 fully saturated rings. The second-order valence-electron chi connectivity index (χ2n) is 4.89. The molecule has 14 heteroatoms. The van der Waals surface area contributed by atoms with Crippen molar-refractivity contribution >= 4 is 12.9 Å². The van der Waals surface area contributed by atoms with E-state index >= 15 is 0 Å². The summed E-state index contributed by atoms with van der Waals surface area (Å²) in [6.45, 7) is 0.326. The monoisotopic (exact) mass is 356 g/mol. The number of aliphatic hydroxyl groups is 1. The number of hydrogen-bond donors (Lipinski definition) is 1. The van der Waals surface area contributed by atoms with Gasteiger partial charge in [-0.05, 0) is 22.0 Å². The molecule has 2 aromatic rings. The summed E-state index contributed by atoms with van der Waals surface area (Å²) in [6, 6.07) is 2.61. The Bertz CT molecular complexity index is 820. The Balaban J connectivity index is 1.97. The van der Waals surface area contributed by atoms with Crippen LogP contribution in [0.2, 0.25) is 0 Å². The van der Waals surface area contributed by atoms with Gasteiger partial charge in [0.25, 0.3) is 0 Å². The van der Waals surface area contributed by atoms with Crippen molar-refractivity contribution in [3.05, 3.63) is 45.9 Å². The summed E-state index contributed by atoms with van der Waals surface area (Å²) in [6.07, 6.45) is -5.63. The third-order valence-corrected chi connectivity index (χ3v) is 3.07. The predicted octanol–water partition coefficient (Wildman–Crippen LogP) is 1.69. The van der Waals surface area contributed by atoms with Gasteiger partial charge >= 0.3 is 19.0 Å². The summed E-state index contributed by atoms with van der Waals surface area (Å²) < 4.78 is 44.8. The van der Waals surface area contributed by atoms with Crippen LogP contribution >= 0.6 is 0 Å². The van der Waals surface area contributed by atoms with Crippen LogP contribution in [0.1, 0.15) is 17.6 Å². The lowest BCUT2D eigenvalue weighted by Crippen LogP contribution is -2.13. The zero-order valence-corrected chi connectivity index (χ0v) is 12.2. The van der Waals surface area contributed by atoms with Crippen molar-refractivity contribution in [2.24, 2.45) is 10.1 Å². The third kappa shape index (κ3) is 3.80. The van der Waals surface area contributed by atoms with E-state index in [1.54, 1.807) is 0 Å². The molecule has 0 amide bonds. The first kappa shape index (κ1) is 17.0. The van der Waals surface area contributed by atoms with Crippen LogP contribution in [0.25, 0.3) is 5.69 Å². The van der Waals surface area contributed by atoms with Gasteiger partial charge < -0.3 is 19.9 Å². The molecule has 0 aliphatic carbocycles. The molecule has 0 radical (unpaired) electrons. The number of nitro groups is 1. The van der Waals surface area contributed by atoms with Crippen molar-refractivity contribution in [3.63, 3.8) is 0 Å². The number of alkyl halides is 3. The normalized spacial score (nSPS) is 15.6. The van der Waals surface area contributed by atoms with Gasteiger partial charge in [0.2, 0.25) is 6.23 Å². The van der Waals surface area contributed by atoms with Crippen LogP contribution < -0.4 is 0 Å². The molecule has 25 heavy (non-hydrogen) atoms. The van der Waals surface area contributed by atoms with Gasteiger partial charge in [0.15, 0.2) is 6.20 Å². The van der Waals surface area contributed by atoms with E-state index < -0.39 is 41.6 Å². The fraction of sp³-hybridized carbons (Fsp3) is 0.273. The summed E-state index contributed by atoms with van der Waals surface area (Å²) in [5.41, 5.74) is -1.76. The highest BCUT2D eigenvalue weighted by Crippen LogP contribution is 2.33. The lowest BCUT2D eigenvalue weighted by atomic mass is 10.0. The highest BCUT2D eigenvalue weighted by atomic mass is 19.4. The van der Waals surface area contributed by atoms with E-state index in [1.807, 2.05) is 0 Å². The minimum atomic E-state index is -4.79. The summed E-state index contributed by atoms with van der Waals surface area (Å²) in [7, 11) is -0.502. The third-order valence-electron chi connectivity index (χ3n) is 3.07. The Hall–Kier alpha value is -2.87. The standard InChI is InChI=1S/C11H8BF3N6O4/c13-11(14,15)8-3-7(10(22)17-19-12-5-25-12)18-20(8)6-1-2-9(16-4-6)21(23)24/h1-4,10,22H,5H2. The Morgan fingerprint density at radius 2 is 2.20 bits per heavy atom. The zero-order chi connectivity index (χ0) is 18.2. The van der Waals surface area contributed by atoms with Crippen LogP contribution in [0.3, 0.4) is 0 Å². The quantitative estimate of drug-likeness (QED) is 0.285. The molecule has 3 heterocycles.